The number of hydrogen-bond donors (Lipinski definition) is 0. The standard InChI is InChI=1S/C56H39N/c1-55(2)50-30-17-31-52(53(50)46-35-45(36-18-5-3-6-19-36)39-22-9-10-26-44(39)54(46)55)57(37-20-7-4-8-21-37)38-32-33-43-42-25-13-16-29-49(42)56(51(43)34-38)47-27-14-11-23-40(47)41-24-12-15-28-48(41)56/h3-35H,1-2H3. The summed E-state index contributed by atoms with van der Waals surface area (Å²) in [4.78, 5) is 2.52. The first kappa shape index (κ1) is 32.3. The zero-order valence-electron chi connectivity index (χ0n) is 32.0. The molecule has 9 aromatic rings. The van der Waals surface area contributed by atoms with E-state index in [9.17, 15) is 0 Å². The van der Waals surface area contributed by atoms with Gasteiger partial charge in [0.2, 0.25) is 0 Å². The van der Waals surface area contributed by atoms with Crippen LogP contribution in [0.4, 0.5) is 17.1 Å². The fraction of sp³-hybridized carbons (Fsp3) is 0.0714. The Hall–Kier alpha value is -6.96. The molecule has 0 radical (unpaired) electrons. The van der Waals surface area contributed by atoms with Gasteiger partial charge in [-0.05, 0) is 119 Å². The van der Waals surface area contributed by atoms with E-state index in [0.29, 0.717) is 0 Å². The Balaban J connectivity index is 1.15. The van der Waals surface area contributed by atoms with Crippen LogP contribution in [0, 0.1) is 0 Å². The van der Waals surface area contributed by atoms with E-state index in [1.54, 1.807) is 0 Å². The van der Waals surface area contributed by atoms with Crippen molar-refractivity contribution in [1.82, 2.24) is 0 Å². The van der Waals surface area contributed by atoms with Crippen molar-refractivity contribution >= 4 is 27.8 Å². The lowest BCUT2D eigenvalue weighted by Crippen LogP contribution is -2.26. The van der Waals surface area contributed by atoms with E-state index in [-0.39, 0.29) is 5.41 Å². The highest BCUT2D eigenvalue weighted by Crippen LogP contribution is 2.64. The van der Waals surface area contributed by atoms with Gasteiger partial charge in [0.25, 0.3) is 0 Å². The molecule has 0 saturated carbocycles. The lowest BCUT2D eigenvalue weighted by atomic mass is 9.70. The van der Waals surface area contributed by atoms with E-state index in [1.165, 1.54) is 94.3 Å². The van der Waals surface area contributed by atoms with Crippen molar-refractivity contribution in [3.8, 4) is 44.5 Å². The van der Waals surface area contributed by atoms with Crippen LogP contribution < -0.4 is 4.90 Å². The van der Waals surface area contributed by atoms with Gasteiger partial charge in [-0.15, -0.1) is 0 Å². The lowest BCUT2D eigenvalue weighted by molar-refractivity contribution is 0.666. The summed E-state index contributed by atoms with van der Waals surface area (Å²) >= 11 is 0. The van der Waals surface area contributed by atoms with Crippen molar-refractivity contribution in [3.05, 3.63) is 234 Å². The second kappa shape index (κ2) is 11.8. The molecule has 0 amide bonds. The van der Waals surface area contributed by atoms with Gasteiger partial charge in [0.15, 0.2) is 0 Å². The zero-order chi connectivity index (χ0) is 37.9. The molecule has 0 N–H and O–H groups in total. The summed E-state index contributed by atoms with van der Waals surface area (Å²) in [7, 11) is 0. The average Bonchev–Trinajstić information content (AvgIpc) is 3.83. The number of anilines is 3. The molecule has 3 aliphatic carbocycles. The van der Waals surface area contributed by atoms with Gasteiger partial charge < -0.3 is 4.90 Å². The Bertz CT molecular complexity index is 3030. The third-order valence-corrected chi connectivity index (χ3v) is 13.2. The summed E-state index contributed by atoms with van der Waals surface area (Å²) in [6, 6.07) is 74.8. The van der Waals surface area contributed by atoms with Gasteiger partial charge in [-0.1, -0.05) is 178 Å². The van der Waals surface area contributed by atoms with Crippen molar-refractivity contribution in [3.63, 3.8) is 0 Å². The fourth-order valence-corrected chi connectivity index (χ4v) is 11.0. The molecule has 0 bridgehead atoms. The molecule has 268 valence electrons. The minimum absolute atomic E-state index is 0.210. The van der Waals surface area contributed by atoms with Crippen molar-refractivity contribution in [2.75, 3.05) is 4.90 Å². The average molecular weight is 726 g/mol. The Kier molecular flexibility index (Phi) is 6.67. The summed E-state index contributed by atoms with van der Waals surface area (Å²) in [5.41, 5.74) is 21.4. The van der Waals surface area contributed by atoms with Crippen molar-refractivity contribution in [2.45, 2.75) is 24.7 Å². The van der Waals surface area contributed by atoms with E-state index in [2.05, 4.69) is 219 Å². The first-order valence-electron chi connectivity index (χ1n) is 20.1. The van der Waals surface area contributed by atoms with E-state index in [0.717, 1.165) is 11.4 Å². The predicted octanol–water partition coefficient (Wildman–Crippen LogP) is 14.6. The van der Waals surface area contributed by atoms with Crippen LogP contribution in [-0.4, -0.2) is 0 Å². The number of nitrogens with zero attached hydrogens (tertiary/aromatic N) is 1. The number of para-hydroxylation sites is 1. The second-order valence-electron chi connectivity index (χ2n) is 16.4. The molecule has 12 rings (SSSR count). The minimum atomic E-state index is -0.422. The van der Waals surface area contributed by atoms with Crippen LogP contribution in [0.2, 0.25) is 0 Å². The second-order valence-corrected chi connectivity index (χ2v) is 16.4. The van der Waals surface area contributed by atoms with E-state index in [1.807, 2.05) is 0 Å². The highest BCUT2D eigenvalue weighted by atomic mass is 15.1. The largest absolute Gasteiger partial charge is 0.310 e. The van der Waals surface area contributed by atoms with Gasteiger partial charge in [-0.2, -0.15) is 0 Å². The third-order valence-electron chi connectivity index (χ3n) is 13.2. The van der Waals surface area contributed by atoms with Gasteiger partial charge in [-0.25, -0.2) is 0 Å². The predicted molar refractivity (Wildman–Crippen MR) is 238 cm³/mol. The van der Waals surface area contributed by atoms with Crippen LogP contribution in [-0.2, 0) is 10.8 Å². The highest BCUT2D eigenvalue weighted by Gasteiger charge is 2.51. The van der Waals surface area contributed by atoms with Crippen LogP contribution in [0.3, 0.4) is 0 Å². The molecule has 1 spiro atoms. The van der Waals surface area contributed by atoms with E-state index in [4.69, 9.17) is 0 Å². The summed E-state index contributed by atoms with van der Waals surface area (Å²) in [6.45, 7) is 4.82. The molecule has 0 fully saturated rings. The van der Waals surface area contributed by atoms with Crippen LogP contribution in [0.5, 0.6) is 0 Å². The number of fused-ring (bicyclic) bond motifs is 15. The molecule has 1 nitrogen and oxygen atoms in total. The topological polar surface area (TPSA) is 3.24 Å². The summed E-state index contributed by atoms with van der Waals surface area (Å²) in [5.74, 6) is 0. The van der Waals surface area contributed by atoms with Crippen molar-refractivity contribution in [2.24, 2.45) is 0 Å². The first-order chi connectivity index (χ1) is 28.1. The van der Waals surface area contributed by atoms with Crippen molar-refractivity contribution < 1.29 is 0 Å². The van der Waals surface area contributed by atoms with Crippen LogP contribution >= 0.6 is 0 Å². The molecule has 0 atom stereocenters. The third kappa shape index (κ3) is 4.24. The Morgan fingerprint density at radius 2 is 0.877 bits per heavy atom. The monoisotopic (exact) mass is 725 g/mol. The molecule has 3 aliphatic rings. The molecular formula is C56H39N. The molecule has 1 heteroatoms. The molecule has 0 saturated heterocycles. The zero-order valence-corrected chi connectivity index (χ0v) is 32.0. The minimum Gasteiger partial charge on any atom is -0.310 e. The normalized spacial score (nSPS) is 14.4. The molecule has 57 heavy (non-hydrogen) atoms. The van der Waals surface area contributed by atoms with Gasteiger partial charge in [0.05, 0.1) is 11.1 Å². The number of rotatable bonds is 4. The van der Waals surface area contributed by atoms with Gasteiger partial charge >= 0.3 is 0 Å². The quantitative estimate of drug-likeness (QED) is 0.175. The summed E-state index contributed by atoms with van der Waals surface area (Å²) < 4.78 is 0. The van der Waals surface area contributed by atoms with Crippen LogP contribution in [0.1, 0.15) is 47.2 Å². The highest BCUT2D eigenvalue weighted by molar-refractivity contribution is 6.08. The maximum atomic E-state index is 2.52. The van der Waals surface area contributed by atoms with Gasteiger partial charge in [0.1, 0.15) is 0 Å². The van der Waals surface area contributed by atoms with Crippen molar-refractivity contribution in [1.29, 1.82) is 0 Å². The fourth-order valence-electron chi connectivity index (χ4n) is 11.0. The van der Waals surface area contributed by atoms with Crippen LogP contribution in [0.25, 0.3) is 55.3 Å². The van der Waals surface area contributed by atoms with E-state index < -0.39 is 5.41 Å². The molecule has 0 heterocycles. The summed E-state index contributed by atoms with van der Waals surface area (Å²) in [5, 5.41) is 2.62. The molecule has 0 aromatic heterocycles. The Morgan fingerprint density at radius 3 is 1.53 bits per heavy atom. The maximum Gasteiger partial charge on any atom is 0.0726 e. The maximum absolute atomic E-state index is 2.52. The Labute approximate surface area is 334 Å². The Morgan fingerprint density at radius 1 is 0.351 bits per heavy atom. The number of benzene rings is 9. The molecule has 9 aromatic carbocycles. The van der Waals surface area contributed by atoms with Gasteiger partial charge in [0, 0.05) is 22.4 Å². The van der Waals surface area contributed by atoms with E-state index >= 15 is 0 Å². The van der Waals surface area contributed by atoms with Crippen LogP contribution in [0.15, 0.2) is 200 Å². The number of hydrogen-bond acceptors (Lipinski definition) is 1. The molecular weight excluding hydrogens is 687 g/mol. The lowest BCUT2D eigenvalue weighted by Gasteiger charge is -2.33. The SMILES string of the molecule is CC1(C)c2cccc(N(c3ccccc3)c3ccc4c(c3)C3(c5ccccc5-c5ccccc53)c3ccccc3-4)c2-c2cc(-c3ccccc3)c3ccccc3c21. The van der Waals surface area contributed by atoms with Gasteiger partial charge in [-0.3, -0.25) is 0 Å². The first-order valence-corrected chi connectivity index (χ1v) is 20.1. The summed E-state index contributed by atoms with van der Waals surface area (Å²) in [6.07, 6.45) is 0. The molecule has 0 aliphatic heterocycles. The smallest absolute Gasteiger partial charge is 0.0726 e. The molecule has 0 unspecified atom stereocenters.